The molecule has 9 heteroatoms. The highest BCUT2D eigenvalue weighted by Gasteiger charge is 2.19. The maximum Gasteiger partial charge on any atom is 0.223 e. The minimum absolute atomic E-state index is 0. The van der Waals surface area contributed by atoms with Gasteiger partial charge in [0.15, 0.2) is 0 Å². The van der Waals surface area contributed by atoms with E-state index in [-0.39, 0.29) is 24.8 Å². The first-order chi connectivity index (χ1) is 10.7. The molecule has 130 valence electrons. The topological polar surface area (TPSA) is 49.8 Å². The quantitative estimate of drug-likeness (QED) is 0.810. The number of nitrogens with zero attached hydrogens (tertiary/aromatic N) is 3. The minimum Gasteiger partial charge on any atom is -0.323 e. The van der Waals surface area contributed by atoms with Crippen LogP contribution in [0.15, 0.2) is 47.6 Å². The van der Waals surface area contributed by atoms with E-state index in [0.717, 1.165) is 11.4 Å². The first-order valence-corrected chi connectivity index (χ1v) is 7.55. The predicted molar refractivity (Wildman–Crippen MR) is 103 cm³/mol. The second-order valence-electron chi connectivity index (χ2n) is 4.65. The van der Waals surface area contributed by atoms with Gasteiger partial charge >= 0.3 is 0 Å². The van der Waals surface area contributed by atoms with Crippen LogP contribution in [0, 0.1) is 0 Å². The van der Waals surface area contributed by atoms with Crippen molar-refractivity contribution in [3.63, 3.8) is 0 Å². The standard InChI is InChI=1S/C15H14Cl2N4O.2ClH/c16-11-4-5-14(13(17)9-11)20-15-19-7-8-21(15)22-10-12-3-1-2-6-18-12;;/h1-6,9H,7-8,10H2,(H,19,20);2*1H. The molecule has 1 aliphatic rings. The summed E-state index contributed by atoms with van der Waals surface area (Å²) in [6.45, 7) is 1.73. The third-order valence-corrected chi connectivity index (χ3v) is 3.62. The lowest BCUT2D eigenvalue weighted by atomic mass is 10.3. The number of aromatic nitrogens is 1. The van der Waals surface area contributed by atoms with E-state index in [4.69, 9.17) is 28.0 Å². The first kappa shape index (κ1) is 20.8. The Kier molecular flexibility index (Phi) is 8.59. The number of nitrogens with one attached hydrogen (secondary N) is 1. The molecule has 1 aromatic carbocycles. The average Bonchev–Trinajstić information content (AvgIpc) is 2.96. The highest BCUT2D eigenvalue weighted by atomic mass is 35.5. The monoisotopic (exact) mass is 408 g/mol. The fraction of sp³-hybridized carbons (Fsp3) is 0.200. The molecule has 1 N–H and O–H groups in total. The molecule has 1 aromatic heterocycles. The summed E-state index contributed by atoms with van der Waals surface area (Å²) in [6, 6.07) is 11.0. The molecule has 0 saturated carbocycles. The number of aliphatic imine (C=N–C) groups is 1. The van der Waals surface area contributed by atoms with E-state index in [9.17, 15) is 0 Å². The van der Waals surface area contributed by atoms with E-state index in [1.54, 1.807) is 23.4 Å². The van der Waals surface area contributed by atoms with Gasteiger partial charge in [-0.15, -0.1) is 24.8 Å². The van der Waals surface area contributed by atoms with Crippen molar-refractivity contribution >= 4 is 59.7 Å². The first-order valence-electron chi connectivity index (χ1n) is 6.79. The van der Waals surface area contributed by atoms with Crippen LogP contribution in [-0.2, 0) is 11.4 Å². The van der Waals surface area contributed by atoms with Gasteiger partial charge in [-0.25, -0.2) is 10.1 Å². The van der Waals surface area contributed by atoms with Crippen molar-refractivity contribution in [1.82, 2.24) is 10.0 Å². The van der Waals surface area contributed by atoms with Crippen molar-refractivity contribution < 1.29 is 4.84 Å². The van der Waals surface area contributed by atoms with Gasteiger partial charge in [-0.05, 0) is 30.3 Å². The van der Waals surface area contributed by atoms with Crippen molar-refractivity contribution in [2.45, 2.75) is 6.61 Å². The maximum absolute atomic E-state index is 6.16. The molecule has 1 aliphatic heterocycles. The molecule has 24 heavy (non-hydrogen) atoms. The Bertz CT molecular complexity index is 684. The SMILES string of the molecule is Cl.Cl.Clc1ccc(NC2=NCCN2OCc2ccccn2)c(Cl)c1. The molecule has 0 radical (unpaired) electrons. The average molecular weight is 410 g/mol. The molecular weight excluding hydrogens is 394 g/mol. The fourth-order valence-corrected chi connectivity index (χ4v) is 2.45. The van der Waals surface area contributed by atoms with Crippen molar-refractivity contribution in [2.24, 2.45) is 4.99 Å². The zero-order chi connectivity index (χ0) is 15.4. The molecule has 0 bridgehead atoms. The van der Waals surface area contributed by atoms with Gasteiger partial charge in [-0.3, -0.25) is 9.82 Å². The summed E-state index contributed by atoms with van der Waals surface area (Å²) in [6.07, 6.45) is 1.74. The lowest BCUT2D eigenvalue weighted by molar-refractivity contribution is -0.104. The van der Waals surface area contributed by atoms with Crippen LogP contribution in [0.25, 0.3) is 0 Å². The number of hydrogen-bond acceptors (Lipinski definition) is 5. The Morgan fingerprint density at radius 3 is 2.71 bits per heavy atom. The zero-order valence-electron chi connectivity index (χ0n) is 12.5. The van der Waals surface area contributed by atoms with E-state index in [1.807, 2.05) is 24.3 Å². The lowest BCUT2D eigenvalue weighted by Crippen LogP contribution is -2.33. The van der Waals surface area contributed by atoms with Gasteiger partial charge in [0.2, 0.25) is 5.96 Å². The summed E-state index contributed by atoms with van der Waals surface area (Å²) in [5, 5.41) is 5.99. The fourth-order valence-electron chi connectivity index (χ4n) is 2.00. The molecular formula is C15H16Cl4N4O. The molecule has 0 amide bonds. The molecule has 0 spiro atoms. The molecule has 2 heterocycles. The van der Waals surface area contributed by atoms with Gasteiger partial charge in [0.1, 0.15) is 6.61 Å². The molecule has 0 atom stereocenters. The number of guanidine groups is 1. The Balaban J connectivity index is 0.00000144. The van der Waals surface area contributed by atoms with Crippen LogP contribution in [0.5, 0.6) is 0 Å². The van der Waals surface area contributed by atoms with Gasteiger partial charge in [0.05, 0.1) is 29.5 Å². The summed E-state index contributed by atoms with van der Waals surface area (Å²) < 4.78 is 0. The molecule has 0 aliphatic carbocycles. The largest absolute Gasteiger partial charge is 0.323 e. The summed E-state index contributed by atoms with van der Waals surface area (Å²) in [5.41, 5.74) is 1.59. The summed E-state index contributed by atoms with van der Waals surface area (Å²) >= 11 is 12.1. The van der Waals surface area contributed by atoms with Gasteiger partial charge in [-0.2, -0.15) is 0 Å². The van der Waals surface area contributed by atoms with Gasteiger partial charge < -0.3 is 5.32 Å². The highest BCUT2D eigenvalue weighted by Crippen LogP contribution is 2.26. The van der Waals surface area contributed by atoms with Gasteiger partial charge in [0, 0.05) is 11.2 Å². The number of hydroxylamine groups is 2. The van der Waals surface area contributed by atoms with Crippen LogP contribution in [0.4, 0.5) is 5.69 Å². The van der Waals surface area contributed by atoms with Crippen LogP contribution >= 0.6 is 48.0 Å². The van der Waals surface area contributed by atoms with Crippen LogP contribution in [0.3, 0.4) is 0 Å². The third-order valence-electron chi connectivity index (χ3n) is 3.07. The maximum atomic E-state index is 6.16. The third kappa shape index (κ3) is 5.40. The highest BCUT2D eigenvalue weighted by molar-refractivity contribution is 6.36. The number of hydrogen-bond donors (Lipinski definition) is 1. The minimum atomic E-state index is 0. The van der Waals surface area contributed by atoms with Crippen LogP contribution in [0.1, 0.15) is 5.69 Å². The van der Waals surface area contributed by atoms with E-state index >= 15 is 0 Å². The van der Waals surface area contributed by atoms with E-state index in [1.165, 1.54) is 0 Å². The summed E-state index contributed by atoms with van der Waals surface area (Å²) in [5.74, 6) is 0.625. The Morgan fingerprint density at radius 2 is 2.00 bits per heavy atom. The Hall–Kier alpha value is -1.24. The predicted octanol–water partition coefficient (Wildman–Crippen LogP) is 4.45. The van der Waals surface area contributed by atoms with Crippen LogP contribution in [-0.4, -0.2) is 29.1 Å². The molecule has 2 aromatic rings. The summed E-state index contributed by atoms with van der Waals surface area (Å²) in [7, 11) is 0. The van der Waals surface area contributed by atoms with E-state index in [2.05, 4.69) is 15.3 Å². The lowest BCUT2D eigenvalue weighted by Gasteiger charge is -2.20. The molecule has 0 fully saturated rings. The number of halogens is 4. The second-order valence-corrected chi connectivity index (χ2v) is 5.49. The number of benzene rings is 1. The molecule has 3 rings (SSSR count). The van der Waals surface area contributed by atoms with Crippen molar-refractivity contribution in [3.05, 3.63) is 58.3 Å². The second kappa shape index (κ2) is 9.91. The summed E-state index contributed by atoms with van der Waals surface area (Å²) in [4.78, 5) is 14.4. The van der Waals surface area contributed by atoms with Crippen LogP contribution in [0.2, 0.25) is 10.0 Å². The van der Waals surface area contributed by atoms with Crippen molar-refractivity contribution in [2.75, 3.05) is 18.4 Å². The molecule has 5 nitrogen and oxygen atoms in total. The Morgan fingerprint density at radius 1 is 1.17 bits per heavy atom. The number of pyridine rings is 1. The van der Waals surface area contributed by atoms with Crippen LogP contribution < -0.4 is 5.32 Å². The van der Waals surface area contributed by atoms with E-state index in [0.29, 0.717) is 35.7 Å². The smallest absolute Gasteiger partial charge is 0.223 e. The van der Waals surface area contributed by atoms with Crippen molar-refractivity contribution in [1.29, 1.82) is 0 Å². The molecule has 0 saturated heterocycles. The Labute approximate surface area is 162 Å². The normalized spacial score (nSPS) is 12.9. The number of rotatable bonds is 4. The van der Waals surface area contributed by atoms with Gasteiger partial charge in [-0.1, -0.05) is 29.3 Å². The number of anilines is 1. The van der Waals surface area contributed by atoms with Crippen molar-refractivity contribution in [3.8, 4) is 0 Å². The van der Waals surface area contributed by atoms with Gasteiger partial charge in [0.25, 0.3) is 0 Å². The zero-order valence-corrected chi connectivity index (χ0v) is 15.6. The molecule has 0 unspecified atom stereocenters. The van der Waals surface area contributed by atoms with E-state index < -0.39 is 0 Å².